The molecule has 6 nitrogen and oxygen atoms in total. The predicted octanol–water partition coefficient (Wildman–Crippen LogP) is 0.273. The predicted molar refractivity (Wildman–Crippen MR) is 59.8 cm³/mol. The van der Waals surface area contributed by atoms with Crippen LogP contribution >= 0.6 is 0 Å². The van der Waals surface area contributed by atoms with Gasteiger partial charge in [0.15, 0.2) is 0 Å². The van der Waals surface area contributed by atoms with Crippen LogP contribution in [0.1, 0.15) is 19.3 Å². The first kappa shape index (κ1) is 13.9. The van der Waals surface area contributed by atoms with Crippen molar-refractivity contribution in [3.63, 3.8) is 0 Å². The lowest BCUT2D eigenvalue weighted by Gasteiger charge is -2.30. The third-order valence-corrected chi connectivity index (χ3v) is 3.07. The molecule has 0 aromatic rings. The molecule has 1 rings (SSSR count). The molecule has 98 valence electrons. The van der Waals surface area contributed by atoms with Crippen LogP contribution in [0.4, 0.5) is 0 Å². The molecule has 0 saturated carbocycles. The second kappa shape index (κ2) is 6.56. The Morgan fingerprint density at radius 3 is 2.41 bits per heavy atom. The fraction of sp³-hybridized carbons (Fsp3) is 0.818. The monoisotopic (exact) mass is 245 g/mol. The molecular weight excluding hydrogens is 226 g/mol. The molecule has 0 spiro atoms. The molecule has 0 bridgehead atoms. The fourth-order valence-corrected chi connectivity index (χ4v) is 2.06. The molecule has 1 unspecified atom stereocenters. The van der Waals surface area contributed by atoms with Crippen molar-refractivity contribution in [2.75, 3.05) is 26.8 Å². The van der Waals surface area contributed by atoms with Crippen LogP contribution in [0.5, 0.6) is 0 Å². The third-order valence-electron chi connectivity index (χ3n) is 3.07. The van der Waals surface area contributed by atoms with Crippen LogP contribution < -0.4 is 0 Å². The van der Waals surface area contributed by atoms with Gasteiger partial charge in [0, 0.05) is 19.8 Å². The highest BCUT2D eigenvalue weighted by atomic mass is 16.5. The summed E-state index contributed by atoms with van der Waals surface area (Å²) < 4.78 is 5.22. The molecule has 1 heterocycles. The van der Waals surface area contributed by atoms with Gasteiger partial charge in [-0.1, -0.05) is 0 Å². The Kier molecular flexibility index (Phi) is 5.37. The van der Waals surface area contributed by atoms with Gasteiger partial charge in [0.1, 0.15) is 6.04 Å². The molecule has 2 N–H and O–H groups in total. The maximum atomic E-state index is 11.0. The minimum absolute atomic E-state index is 0.366. The van der Waals surface area contributed by atoms with E-state index in [4.69, 9.17) is 14.9 Å². The van der Waals surface area contributed by atoms with Crippen LogP contribution in [0, 0.1) is 5.92 Å². The Hall–Kier alpha value is -1.14. The molecular formula is C11H19NO5. The first-order valence-corrected chi connectivity index (χ1v) is 5.73. The quantitative estimate of drug-likeness (QED) is 0.698. The molecule has 1 aliphatic heterocycles. The Bertz CT molecular complexity index is 275. The number of hydrogen-bond acceptors (Lipinski definition) is 4. The zero-order chi connectivity index (χ0) is 12.8. The van der Waals surface area contributed by atoms with Crippen LogP contribution in [0.25, 0.3) is 0 Å². The van der Waals surface area contributed by atoms with Crippen molar-refractivity contribution < 1.29 is 24.5 Å². The Labute approximate surface area is 100 Å². The van der Waals surface area contributed by atoms with Gasteiger partial charge in [-0.2, -0.15) is 0 Å². The van der Waals surface area contributed by atoms with E-state index in [9.17, 15) is 9.59 Å². The van der Waals surface area contributed by atoms with Gasteiger partial charge in [-0.05, 0) is 25.8 Å². The molecule has 0 radical (unpaired) electrons. The van der Waals surface area contributed by atoms with Gasteiger partial charge >= 0.3 is 11.9 Å². The van der Waals surface area contributed by atoms with Gasteiger partial charge < -0.3 is 14.9 Å². The van der Waals surface area contributed by atoms with Gasteiger partial charge in [-0.15, -0.1) is 0 Å². The highest BCUT2D eigenvalue weighted by molar-refractivity contribution is 5.80. The van der Waals surface area contributed by atoms with E-state index >= 15 is 0 Å². The van der Waals surface area contributed by atoms with E-state index in [1.54, 1.807) is 11.9 Å². The van der Waals surface area contributed by atoms with Crippen molar-refractivity contribution in [2.45, 2.75) is 25.3 Å². The van der Waals surface area contributed by atoms with Gasteiger partial charge in [0.05, 0.1) is 6.42 Å². The van der Waals surface area contributed by atoms with E-state index in [0.717, 1.165) is 12.8 Å². The Morgan fingerprint density at radius 1 is 1.35 bits per heavy atom. The smallest absolute Gasteiger partial charge is 0.321 e. The number of carbonyl (C=O) groups is 2. The molecule has 1 saturated heterocycles. The molecule has 6 heteroatoms. The molecule has 1 aliphatic rings. The van der Waals surface area contributed by atoms with Crippen molar-refractivity contribution in [3.05, 3.63) is 0 Å². The third kappa shape index (κ3) is 4.70. The van der Waals surface area contributed by atoms with Crippen molar-refractivity contribution in [3.8, 4) is 0 Å². The second-order valence-corrected chi connectivity index (χ2v) is 4.45. The molecule has 1 fully saturated rings. The molecule has 0 amide bonds. The normalized spacial score (nSPS) is 19.2. The topological polar surface area (TPSA) is 87.1 Å². The van der Waals surface area contributed by atoms with Crippen molar-refractivity contribution >= 4 is 11.9 Å². The van der Waals surface area contributed by atoms with Crippen molar-refractivity contribution in [1.82, 2.24) is 4.90 Å². The number of nitrogens with zero attached hydrogens (tertiary/aromatic N) is 1. The van der Waals surface area contributed by atoms with Crippen LogP contribution in [-0.4, -0.2) is 59.9 Å². The average Bonchev–Trinajstić information content (AvgIpc) is 2.26. The van der Waals surface area contributed by atoms with E-state index in [1.807, 2.05) is 0 Å². The number of carboxylic acids is 2. The summed E-state index contributed by atoms with van der Waals surface area (Å²) in [7, 11) is 1.66. The standard InChI is InChI=1S/C11H19NO5/c1-12(7-8-2-4-17-5-3-8)9(11(15)16)6-10(13)14/h8-9H,2-7H2,1H3,(H,13,14)(H,15,16). The maximum absolute atomic E-state index is 11.0. The number of aliphatic carboxylic acids is 2. The minimum atomic E-state index is -1.09. The summed E-state index contributed by atoms with van der Waals surface area (Å²) in [6.45, 7) is 2.01. The zero-order valence-corrected chi connectivity index (χ0v) is 9.96. The lowest BCUT2D eigenvalue weighted by molar-refractivity contribution is -0.149. The highest BCUT2D eigenvalue weighted by Gasteiger charge is 2.27. The number of likely N-dealkylation sites (N-methyl/N-ethyl adjacent to an activating group) is 1. The minimum Gasteiger partial charge on any atom is -0.481 e. The molecule has 17 heavy (non-hydrogen) atoms. The van der Waals surface area contributed by atoms with Gasteiger partial charge in [0.2, 0.25) is 0 Å². The van der Waals surface area contributed by atoms with Crippen LogP contribution in [-0.2, 0) is 14.3 Å². The summed E-state index contributed by atoms with van der Waals surface area (Å²) in [5.74, 6) is -1.78. The lowest BCUT2D eigenvalue weighted by Crippen LogP contribution is -2.43. The van der Waals surface area contributed by atoms with Gasteiger partial charge in [-0.25, -0.2) is 0 Å². The highest BCUT2D eigenvalue weighted by Crippen LogP contribution is 2.17. The second-order valence-electron chi connectivity index (χ2n) is 4.45. The number of carboxylic acid groups (broad SMARTS) is 2. The fourth-order valence-electron chi connectivity index (χ4n) is 2.06. The number of rotatable bonds is 6. The summed E-state index contributed by atoms with van der Waals surface area (Å²) in [5.41, 5.74) is 0. The molecule has 0 aliphatic carbocycles. The summed E-state index contributed by atoms with van der Waals surface area (Å²) in [6.07, 6.45) is 1.45. The van der Waals surface area contributed by atoms with Crippen molar-refractivity contribution in [2.24, 2.45) is 5.92 Å². The summed E-state index contributed by atoms with van der Waals surface area (Å²) in [6, 6.07) is -0.949. The Morgan fingerprint density at radius 2 is 1.94 bits per heavy atom. The maximum Gasteiger partial charge on any atom is 0.321 e. The SMILES string of the molecule is CN(CC1CCOCC1)C(CC(=O)O)C(=O)O. The average molecular weight is 245 g/mol. The lowest BCUT2D eigenvalue weighted by atomic mass is 9.99. The first-order chi connectivity index (χ1) is 8.00. The van der Waals surface area contributed by atoms with Crippen LogP contribution in [0.2, 0.25) is 0 Å². The van der Waals surface area contributed by atoms with E-state index in [2.05, 4.69) is 0 Å². The largest absolute Gasteiger partial charge is 0.481 e. The number of ether oxygens (including phenoxy) is 1. The number of hydrogen-bond donors (Lipinski definition) is 2. The van der Waals surface area contributed by atoms with Crippen molar-refractivity contribution in [1.29, 1.82) is 0 Å². The summed E-state index contributed by atoms with van der Waals surface area (Å²) in [4.78, 5) is 23.2. The van der Waals surface area contributed by atoms with E-state index in [1.165, 1.54) is 0 Å². The van der Waals surface area contributed by atoms with Crippen LogP contribution in [0.15, 0.2) is 0 Å². The van der Waals surface area contributed by atoms with Gasteiger partial charge in [0.25, 0.3) is 0 Å². The molecule has 0 aromatic heterocycles. The summed E-state index contributed by atoms with van der Waals surface area (Å²) in [5, 5.41) is 17.7. The molecule has 1 atom stereocenters. The summed E-state index contributed by atoms with van der Waals surface area (Å²) >= 11 is 0. The van der Waals surface area contributed by atoms with Gasteiger partial charge in [-0.3, -0.25) is 14.5 Å². The molecule has 0 aromatic carbocycles. The first-order valence-electron chi connectivity index (χ1n) is 5.73. The zero-order valence-electron chi connectivity index (χ0n) is 9.96. The van der Waals surface area contributed by atoms with E-state index in [0.29, 0.717) is 25.7 Å². The van der Waals surface area contributed by atoms with Crippen LogP contribution in [0.3, 0.4) is 0 Å². The van der Waals surface area contributed by atoms with E-state index < -0.39 is 18.0 Å². The Balaban J connectivity index is 2.48. The van der Waals surface area contributed by atoms with E-state index in [-0.39, 0.29) is 6.42 Å².